The number of hydrogen-bond donors (Lipinski definition) is 4. The summed E-state index contributed by atoms with van der Waals surface area (Å²) in [6, 6.07) is 10.2. The molecule has 0 aliphatic carbocycles. The van der Waals surface area contributed by atoms with Gasteiger partial charge in [0.25, 0.3) is 0 Å². The van der Waals surface area contributed by atoms with Crippen LogP contribution in [0.4, 0.5) is 5.69 Å². The molecular weight excluding hydrogens is 412 g/mol. The van der Waals surface area contributed by atoms with Gasteiger partial charge in [0.2, 0.25) is 12.3 Å². The summed E-state index contributed by atoms with van der Waals surface area (Å²) in [6.45, 7) is 4.21. The van der Waals surface area contributed by atoms with E-state index in [9.17, 15) is 20.1 Å². The molecular formula is C23H26N4O5. The number of nitrogens with zero attached hydrogens (tertiary/aromatic N) is 3. The number of aromatic nitrogens is 1. The zero-order valence-electron chi connectivity index (χ0n) is 18.1. The van der Waals surface area contributed by atoms with Gasteiger partial charge >= 0.3 is 0 Å². The van der Waals surface area contributed by atoms with E-state index in [1.54, 1.807) is 41.0 Å². The molecule has 32 heavy (non-hydrogen) atoms. The van der Waals surface area contributed by atoms with E-state index in [-0.39, 0.29) is 29.7 Å². The Morgan fingerprint density at radius 3 is 2.69 bits per heavy atom. The molecule has 4 N–H and O–H groups in total. The SMILES string of the molecule is COCCC(=O)n1ccc2cc(N3C(c4cc(C(C)C)c(O)cc4O)=NNC3O)ccc21. The van der Waals surface area contributed by atoms with Crippen LogP contribution in [0.15, 0.2) is 47.7 Å². The number of phenols is 2. The molecule has 168 valence electrons. The monoisotopic (exact) mass is 438 g/mol. The first-order chi connectivity index (χ1) is 15.3. The number of aliphatic hydroxyl groups is 1. The van der Waals surface area contributed by atoms with Gasteiger partial charge in [-0.2, -0.15) is 5.10 Å². The fourth-order valence-electron chi connectivity index (χ4n) is 3.84. The molecule has 0 saturated carbocycles. The number of amidine groups is 1. The number of anilines is 1. The maximum atomic E-state index is 12.4. The second kappa shape index (κ2) is 8.52. The van der Waals surface area contributed by atoms with Gasteiger partial charge in [0.05, 0.1) is 24.1 Å². The predicted octanol–water partition coefficient (Wildman–Crippen LogP) is 2.90. The summed E-state index contributed by atoms with van der Waals surface area (Å²) in [4.78, 5) is 14.0. The minimum atomic E-state index is -1.15. The zero-order valence-corrected chi connectivity index (χ0v) is 18.1. The van der Waals surface area contributed by atoms with Crippen molar-refractivity contribution in [3.8, 4) is 11.5 Å². The average molecular weight is 438 g/mol. The largest absolute Gasteiger partial charge is 0.508 e. The molecule has 0 radical (unpaired) electrons. The standard InChI is InChI=1S/C23H26N4O5/c1-13(2)16-11-17(20(29)12-19(16)28)22-24-25-23(31)27(22)15-4-5-18-14(10-15)6-8-26(18)21(30)7-9-32-3/h4-6,8,10-13,23,25,28-29,31H,7,9H2,1-3H3. The van der Waals surface area contributed by atoms with Crippen molar-refractivity contribution < 1.29 is 24.9 Å². The molecule has 2 aromatic carbocycles. The molecule has 0 spiro atoms. The van der Waals surface area contributed by atoms with E-state index in [2.05, 4.69) is 10.5 Å². The van der Waals surface area contributed by atoms with E-state index in [0.717, 1.165) is 10.9 Å². The number of ether oxygens (including phenoxy) is 1. The number of benzene rings is 2. The van der Waals surface area contributed by atoms with Crippen molar-refractivity contribution in [1.82, 2.24) is 9.99 Å². The van der Waals surface area contributed by atoms with Crippen molar-refractivity contribution in [2.45, 2.75) is 32.5 Å². The quantitative estimate of drug-likeness (QED) is 0.467. The highest BCUT2D eigenvalue weighted by molar-refractivity contribution is 6.13. The van der Waals surface area contributed by atoms with Crippen molar-refractivity contribution in [3.63, 3.8) is 0 Å². The third-order valence-electron chi connectivity index (χ3n) is 5.51. The van der Waals surface area contributed by atoms with E-state index in [4.69, 9.17) is 4.74 Å². The van der Waals surface area contributed by atoms with Crippen molar-refractivity contribution in [2.24, 2.45) is 5.10 Å². The molecule has 1 atom stereocenters. The molecule has 4 rings (SSSR count). The van der Waals surface area contributed by atoms with Gasteiger partial charge in [0.1, 0.15) is 11.5 Å². The summed E-state index contributed by atoms with van der Waals surface area (Å²) < 4.78 is 6.57. The first kappa shape index (κ1) is 21.7. The minimum Gasteiger partial charge on any atom is -0.508 e. The van der Waals surface area contributed by atoms with E-state index >= 15 is 0 Å². The number of fused-ring (bicyclic) bond motifs is 1. The van der Waals surface area contributed by atoms with Crippen molar-refractivity contribution in [1.29, 1.82) is 0 Å². The summed E-state index contributed by atoms with van der Waals surface area (Å²) >= 11 is 0. The van der Waals surface area contributed by atoms with Crippen molar-refractivity contribution in [2.75, 3.05) is 18.6 Å². The maximum absolute atomic E-state index is 12.4. The van der Waals surface area contributed by atoms with Crippen LogP contribution >= 0.6 is 0 Å². The van der Waals surface area contributed by atoms with E-state index in [1.807, 2.05) is 26.0 Å². The topological polar surface area (TPSA) is 120 Å². The lowest BCUT2D eigenvalue weighted by Gasteiger charge is -2.24. The van der Waals surface area contributed by atoms with Gasteiger partial charge in [-0.1, -0.05) is 13.8 Å². The molecule has 1 unspecified atom stereocenters. The fraction of sp³-hybridized carbons (Fsp3) is 0.304. The normalized spacial score (nSPS) is 16.0. The molecule has 1 aliphatic heterocycles. The number of nitrogens with one attached hydrogen (secondary N) is 1. The van der Waals surface area contributed by atoms with Gasteiger partial charge in [-0.3, -0.25) is 19.7 Å². The summed E-state index contributed by atoms with van der Waals surface area (Å²) in [5.74, 6) is 0.111. The third-order valence-corrected chi connectivity index (χ3v) is 5.51. The Morgan fingerprint density at radius 1 is 1.19 bits per heavy atom. The van der Waals surface area contributed by atoms with Gasteiger partial charge in [0, 0.05) is 30.4 Å². The summed E-state index contributed by atoms with van der Waals surface area (Å²) in [6.07, 6.45) is 0.829. The van der Waals surface area contributed by atoms with Crippen LogP contribution < -0.4 is 10.3 Å². The number of carbonyl (C=O) groups excluding carboxylic acids is 1. The zero-order chi connectivity index (χ0) is 23.0. The Bertz CT molecular complexity index is 1200. The Morgan fingerprint density at radius 2 is 1.97 bits per heavy atom. The number of methoxy groups -OCH3 is 1. The minimum absolute atomic E-state index is 0.000745. The number of hydrazone groups is 1. The molecule has 9 nitrogen and oxygen atoms in total. The van der Waals surface area contributed by atoms with Crippen LogP contribution in [0.5, 0.6) is 11.5 Å². The predicted molar refractivity (Wildman–Crippen MR) is 121 cm³/mol. The average Bonchev–Trinajstić information content (AvgIpc) is 3.34. The molecule has 0 fully saturated rings. The molecule has 0 amide bonds. The van der Waals surface area contributed by atoms with Crippen LogP contribution in [0.3, 0.4) is 0 Å². The van der Waals surface area contributed by atoms with Crippen LogP contribution in [-0.4, -0.2) is 51.7 Å². The second-order valence-corrected chi connectivity index (χ2v) is 7.96. The van der Waals surface area contributed by atoms with Gasteiger partial charge in [-0.25, -0.2) is 0 Å². The number of carbonyl (C=O) groups is 1. The number of hydrogen-bond acceptors (Lipinski definition) is 8. The Labute approximate surface area is 185 Å². The number of aromatic hydroxyl groups is 2. The Kier molecular flexibility index (Phi) is 5.77. The van der Waals surface area contributed by atoms with Crippen LogP contribution in [0.25, 0.3) is 10.9 Å². The second-order valence-electron chi connectivity index (χ2n) is 7.96. The number of phenolic OH excluding ortho intramolecular Hbond substituents is 2. The number of aliphatic hydroxyl groups excluding tert-OH is 1. The first-order valence-corrected chi connectivity index (χ1v) is 10.3. The highest BCUT2D eigenvalue weighted by Gasteiger charge is 2.31. The third kappa shape index (κ3) is 3.76. The van der Waals surface area contributed by atoms with E-state index in [0.29, 0.717) is 29.3 Å². The lowest BCUT2D eigenvalue weighted by molar-refractivity contribution is 0.0856. The summed E-state index contributed by atoms with van der Waals surface area (Å²) in [5.41, 5.74) is 5.02. The smallest absolute Gasteiger partial charge is 0.233 e. The first-order valence-electron chi connectivity index (χ1n) is 10.3. The summed E-state index contributed by atoms with van der Waals surface area (Å²) in [5, 5.41) is 36.2. The molecule has 1 aliphatic rings. The van der Waals surface area contributed by atoms with Gasteiger partial charge in [0.15, 0.2) is 5.84 Å². The lowest BCUT2D eigenvalue weighted by atomic mass is 9.98. The van der Waals surface area contributed by atoms with Crippen molar-refractivity contribution in [3.05, 3.63) is 53.7 Å². The van der Waals surface area contributed by atoms with Crippen LogP contribution in [0, 0.1) is 0 Å². The van der Waals surface area contributed by atoms with Gasteiger partial charge in [-0.15, -0.1) is 0 Å². The van der Waals surface area contributed by atoms with Gasteiger partial charge < -0.3 is 20.1 Å². The van der Waals surface area contributed by atoms with E-state index < -0.39 is 6.35 Å². The molecule has 9 heteroatoms. The highest BCUT2D eigenvalue weighted by atomic mass is 16.5. The van der Waals surface area contributed by atoms with Crippen LogP contribution in [-0.2, 0) is 4.74 Å². The molecule has 0 bridgehead atoms. The Hall–Kier alpha value is -3.56. The van der Waals surface area contributed by atoms with Crippen molar-refractivity contribution >= 4 is 28.3 Å². The van der Waals surface area contributed by atoms with Gasteiger partial charge in [-0.05, 0) is 41.8 Å². The lowest BCUT2D eigenvalue weighted by Crippen LogP contribution is -2.40. The molecule has 1 aromatic heterocycles. The molecule has 3 aromatic rings. The fourth-order valence-corrected chi connectivity index (χ4v) is 3.84. The van der Waals surface area contributed by atoms with E-state index in [1.165, 1.54) is 6.07 Å². The molecule has 2 heterocycles. The number of rotatable bonds is 6. The Balaban J connectivity index is 1.72. The highest BCUT2D eigenvalue weighted by Crippen LogP contribution is 2.35. The van der Waals surface area contributed by atoms with Crippen LogP contribution in [0.1, 0.15) is 42.1 Å². The summed E-state index contributed by atoms with van der Waals surface area (Å²) in [7, 11) is 1.55. The van der Waals surface area contributed by atoms with Crippen LogP contribution in [0.2, 0.25) is 0 Å². The molecule has 0 saturated heterocycles. The maximum Gasteiger partial charge on any atom is 0.233 e.